The maximum Gasteiger partial charge on any atom is -0.0311 e. The lowest BCUT2D eigenvalue weighted by molar-refractivity contribution is 1.14. The lowest BCUT2D eigenvalue weighted by atomic mass is 10.1. The zero-order chi connectivity index (χ0) is 7.98. The normalized spacial score (nSPS) is 11.4. The largest absolute Gasteiger partial charge is 0.0961 e. The Morgan fingerprint density at radius 1 is 1.36 bits per heavy atom. The van der Waals surface area contributed by atoms with E-state index in [0.717, 1.165) is 12.0 Å². The van der Waals surface area contributed by atoms with Gasteiger partial charge in [0.25, 0.3) is 0 Å². The summed E-state index contributed by atoms with van der Waals surface area (Å²) in [7, 11) is 0. The predicted molar refractivity (Wildman–Crippen MR) is 54.7 cm³/mol. The Bertz CT molecular complexity index is 159. The molecule has 0 bridgehead atoms. The van der Waals surface area contributed by atoms with E-state index in [1.54, 1.807) is 0 Å². The molecule has 0 amide bonds. The molecule has 0 aromatic rings. The van der Waals surface area contributed by atoms with E-state index in [9.17, 15) is 0 Å². The summed E-state index contributed by atoms with van der Waals surface area (Å²) in [5.41, 5.74) is 2.47. The van der Waals surface area contributed by atoms with Crippen molar-refractivity contribution in [1.29, 1.82) is 0 Å². The predicted octanol–water partition coefficient (Wildman–Crippen LogP) is 4.11. The standard InChI is InChI=1S/C10H16.CH4/c1-5-10(6-2)8-7-9(3)4;/h5,7-8H,3,6H2,1-2,4H3;1H4/b8-7-,10-5-;. The Balaban J connectivity index is 0. The van der Waals surface area contributed by atoms with Gasteiger partial charge in [0.15, 0.2) is 0 Å². The molecule has 0 saturated heterocycles. The van der Waals surface area contributed by atoms with Crippen molar-refractivity contribution in [2.75, 3.05) is 0 Å². The van der Waals surface area contributed by atoms with Crippen LogP contribution in [-0.2, 0) is 0 Å². The first-order valence-electron chi connectivity index (χ1n) is 3.69. The van der Waals surface area contributed by atoms with Crippen LogP contribution in [0.25, 0.3) is 0 Å². The molecule has 0 spiro atoms. The number of hydrogen-bond acceptors (Lipinski definition) is 0. The molecule has 0 heteroatoms. The van der Waals surface area contributed by atoms with Crippen LogP contribution in [-0.4, -0.2) is 0 Å². The number of rotatable bonds is 3. The monoisotopic (exact) mass is 152 g/mol. The van der Waals surface area contributed by atoms with E-state index in [-0.39, 0.29) is 7.43 Å². The maximum absolute atomic E-state index is 3.78. The van der Waals surface area contributed by atoms with Gasteiger partial charge in [-0.25, -0.2) is 0 Å². The van der Waals surface area contributed by atoms with Crippen molar-refractivity contribution in [3.8, 4) is 0 Å². The highest BCUT2D eigenvalue weighted by Crippen LogP contribution is 2.03. The van der Waals surface area contributed by atoms with Crippen LogP contribution in [0, 0.1) is 0 Å². The van der Waals surface area contributed by atoms with Gasteiger partial charge in [-0.05, 0) is 20.3 Å². The fourth-order valence-electron chi connectivity index (χ4n) is 0.667. The first-order chi connectivity index (χ1) is 4.70. The molecule has 0 aromatic carbocycles. The fourth-order valence-corrected chi connectivity index (χ4v) is 0.667. The zero-order valence-corrected chi connectivity index (χ0v) is 7.15. The van der Waals surface area contributed by atoms with Crippen molar-refractivity contribution in [2.45, 2.75) is 34.6 Å². The van der Waals surface area contributed by atoms with Gasteiger partial charge in [-0.2, -0.15) is 0 Å². The molecule has 0 heterocycles. The summed E-state index contributed by atoms with van der Waals surface area (Å²) in [6.45, 7) is 9.99. The second-order valence-corrected chi connectivity index (χ2v) is 2.40. The highest BCUT2D eigenvalue weighted by atomic mass is 13.9. The number of hydrogen-bond donors (Lipinski definition) is 0. The van der Waals surface area contributed by atoms with Gasteiger partial charge in [0.1, 0.15) is 0 Å². The minimum absolute atomic E-state index is 0. The van der Waals surface area contributed by atoms with Gasteiger partial charge in [-0.1, -0.05) is 50.3 Å². The van der Waals surface area contributed by atoms with Crippen molar-refractivity contribution < 1.29 is 0 Å². The van der Waals surface area contributed by atoms with E-state index in [2.05, 4.69) is 32.6 Å². The van der Waals surface area contributed by atoms with Crippen LogP contribution in [0.5, 0.6) is 0 Å². The lowest BCUT2D eigenvalue weighted by Crippen LogP contribution is -1.72. The minimum Gasteiger partial charge on any atom is -0.0961 e. The Labute approximate surface area is 71.3 Å². The topological polar surface area (TPSA) is 0 Å². The summed E-state index contributed by atoms with van der Waals surface area (Å²) >= 11 is 0. The average Bonchev–Trinajstić information content (AvgIpc) is 1.90. The summed E-state index contributed by atoms with van der Waals surface area (Å²) < 4.78 is 0. The Morgan fingerprint density at radius 3 is 2.18 bits per heavy atom. The Morgan fingerprint density at radius 2 is 1.91 bits per heavy atom. The van der Waals surface area contributed by atoms with Crippen molar-refractivity contribution >= 4 is 0 Å². The van der Waals surface area contributed by atoms with Crippen LogP contribution in [0.4, 0.5) is 0 Å². The van der Waals surface area contributed by atoms with E-state index >= 15 is 0 Å². The first kappa shape index (κ1) is 12.9. The van der Waals surface area contributed by atoms with E-state index in [4.69, 9.17) is 0 Å². The van der Waals surface area contributed by atoms with Crippen molar-refractivity contribution in [3.63, 3.8) is 0 Å². The van der Waals surface area contributed by atoms with Gasteiger partial charge < -0.3 is 0 Å². The van der Waals surface area contributed by atoms with Gasteiger partial charge in [-0.15, -0.1) is 0 Å². The lowest BCUT2D eigenvalue weighted by Gasteiger charge is -1.92. The van der Waals surface area contributed by atoms with Gasteiger partial charge in [0.2, 0.25) is 0 Å². The molecule has 0 fully saturated rings. The van der Waals surface area contributed by atoms with Gasteiger partial charge in [0, 0.05) is 0 Å². The second-order valence-electron chi connectivity index (χ2n) is 2.40. The summed E-state index contributed by atoms with van der Waals surface area (Å²) in [4.78, 5) is 0. The van der Waals surface area contributed by atoms with Crippen LogP contribution in [0.3, 0.4) is 0 Å². The molecule has 0 rings (SSSR count). The fraction of sp³-hybridized carbons (Fsp3) is 0.455. The second kappa shape index (κ2) is 7.33. The Hall–Kier alpha value is -0.780. The molecule has 0 radical (unpaired) electrons. The third-order valence-corrected chi connectivity index (χ3v) is 1.36. The van der Waals surface area contributed by atoms with Crippen LogP contribution in [0.15, 0.2) is 36.0 Å². The molecule has 0 aromatic heterocycles. The van der Waals surface area contributed by atoms with Gasteiger partial charge in [0.05, 0.1) is 0 Å². The summed E-state index contributed by atoms with van der Waals surface area (Å²) in [6, 6.07) is 0. The molecule has 0 aliphatic rings. The molecule has 0 unspecified atom stereocenters. The van der Waals surface area contributed by atoms with E-state index in [1.165, 1.54) is 5.57 Å². The van der Waals surface area contributed by atoms with Crippen LogP contribution >= 0.6 is 0 Å². The van der Waals surface area contributed by atoms with E-state index in [1.807, 2.05) is 13.0 Å². The van der Waals surface area contributed by atoms with Crippen molar-refractivity contribution in [2.24, 2.45) is 0 Å². The first-order valence-corrected chi connectivity index (χ1v) is 3.69. The summed E-state index contributed by atoms with van der Waals surface area (Å²) in [6.07, 6.45) is 7.38. The van der Waals surface area contributed by atoms with Crippen molar-refractivity contribution in [1.82, 2.24) is 0 Å². The quantitative estimate of drug-likeness (QED) is 0.534. The minimum atomic E-state index is 0. The van der Waals surface area contributed by atoms with Crippen LogP contribution in [0.1, 0.15) is 34.6 Å². The maximum atomic E-state index is 3.78. The van der Waals surface area contributed by atoms with Gasteiger partial charge >= 0.3 is 0 Å². The highest BCUT2D eigenvalue weighted by Gasteiger charge is 1.82. The van der Waals surface area contributed by atoms with E-state index < -0.39 is 0 Å². The average molecular weight is 152 g/mol. The molecule has 11 heavy (non-hydrogen) atoms. The molecule has 0 aliphatic carbocycles. The number of allylic oxidation sites excluding steroid dienone is 5. The third-order valence-electron chi connectivity index (χ3n) is 1.36. The molecule has 0 atom stereocenters. The molecule has 0 saturated carbocycles. The van der Waals surface area contributed by atoms with Crippen LogP contribution < -0.4 is 0 Å². The van der Waals surface area contributed by atoms with Crippen LogP contribution in [0.2, 0.25) is 0 Å². The molecule has 0 N–H and O–H groups in total. The highest BCUT2D eigenvalue weighted by molar-refractivity contribution is 5.24. The summed E-state index contributed by atoms with van der Waals surface area (Å²) in [5.74, 6) is 0. The molecule has 64 valence electrons. The zero-order valence-electron chi connectivity index (χ0n) is 7.15. The molecule has 0 aliphatic heterocycles. The van der Waals surface area contributed by atoms with Crippen molar-refractivity contribution in [3.05, 3.63) is 36.0 Å². The molecule has 0 nitrogen and oxygen atoms in total. The van der Waals surface area contributed by atoms with Gasteiger partial charge in [-0.3, -0.25) is 0 Å². The summed E-state index contributed by atoms with van der Waals surface area (Å²) in [5, 5.41) is 0. The van der Waals surface area contributed by atoms with E-state index in [0.29, 0.717) is 0 Å². The Kier molecular flexibility index (Phi) is 8.57. The molecular weight excluding hydrogens is 132 g/mol. The molecular formula is C11H20. The third kappa shape index (κ3) is 7.11. The SMILES string of the molecule is C.C=C(C)/C=C\C(=C/C)CC. The smallest absolute Gasteiger partial charge is 0.0311 e.